The highest BCUT2D eigenvalue weighted by Gasteiger charge is 2.34. The van der Waals surface area contributed by atoms with Gasteiger partial charge in [-0.05, 0) is 22.3 Å². The summed E-state index contributed by atoms with van der Waals surface area (Å²) in [6, 6.07) is 13.7. The fraction of sp³-hybridized carbons (Fsp3) is 0.375. The van der Waals surface area contributed by atoms with Gasteiger partial charge in [0.05, 0.1) is 19.6 Å². The minimum atomic E-state index is -3.01. The van der Waals surface area contributed by atoms with Gasteiger partial charge in [-0.1, -0.05) is 48.5 Å². The van der Waals surface area contributed by atoms with Crippen LogP contribution < -0.4 is 5.32 Å². The second kappa shape index (κ2) is 10.2. The normalized spacial score (nSPS) is 18.2. The molecule has 1 saturated heterocycles. The highest BCUT2D eigenvalue weighted by Crippen LogP contribution is 2.44. The number of carbonyl (C=O) groups excluding carboxylic acids is 2. The Labute approximate surface area is 194 Å². The van der Waals surface area contributed by atoms with E-state index in [4.69, 9.17) is 14.6 Å². The first-order chi connectivity index (χ1) is 16.3. The maximum atomic E-state index is 13.6. The van der Waals surface area contributed by atoms with Crippen molar-refractivity contribution >= 4 is 18.0 Å². The van der Waals surface area contributed by atoms with Gasteiger partial charge in [-0.3, -0.25) is 4.79 Å². The van der Waals surface area contributed by atoms with E-state index in [9.17, 15) is 23.2 Å². The van der Waals surface area contributed by atoms with E-state index < -0.39 is 43.0 Å². The Balaban J connectivity index is 1.36. The van der Waals surface area contributed by atoms with Crippen LogP contribution in [0.25, 0.3) is 11.1 Å². The van der Waals surface area contributed by atoms with Crippen LogP contribution in [0.3, 0.4) is 0 Å². The van der Waals surface area contributed by atoms with Crippen molar-refractivity contribution in [3.05, 3.63) is 59.7 Å². The molecule has 2 aromatic rings. The molecule has 0 spiro atoms. The highest BCUT2D eigenvalue weighted by molar-refractivity contribution is 5.80. The molecule has 2 N–H and O–H groups in total. The van der Waals surface area contributed by atoms with Crippen molar-refractivity contribution in [2.75, 3.05) is 26.3 Å². The number of hydrogen-bond acceptors (Lipinski definition) is 5. The molecular formula is C24H24F2N2O6. The number of nitrogens with one attached hydrogen (secondary N) is 1. The number of carbonyl (C=O) groups is 3. The average Bonchev–Trinajstić information content (AvgIpc) is 3.16. The van der Waals surface area contributed by atoms with Gasteiger partial charge in [0, 0.05) is 12.5 Å². The topological polar surface area (TPSA) is 105 Å². The summed E-state index contributed by atoms with van der Waals surface area (Å²) in [5, 5.41) is 11.1. The largest absolute Gasteiger partial charge is 0.479 e. The van der Waals surface area contributed by atoms with Gasteiger partial charge in [0.25, 0.3) is 6.43 Å². The van der Waals surface area contributed by atoms with Gasteiger partial charge in [0.1, 0.15) is 12.6 Å². The Morgan fingerprint density at radius 1 is 1.09 bits per heavy atom. The summed E-state index contributed by atoms with van der Waals surface area (Å²) in [5.74, 6) is -2.16. The van der Waals surface area contributed by atoms with Crippen LogP contribution in [-0.4, -0.2) is 72.9 Å². The van der Waals surface area contributed by atoms with E-state index in [-0.39, 0.29) is 32.2 Å². The van der Waals surface area contributed by atoms with E-state index in [0.717, 1.165) is 27.2 Å². The Morgan fingerprint density at radius 2 is 1.71 bits per heavy atom. The smallest absolute Gasteiger partial charge is 0.407 e. The summed E-state index contributed by atoms with van der Waals surface area (Å²) in [7, 11) is 0. The summed E-state index contributed by atoms with van der Waals surface area (Å²) in [6.07, 6.45) is -5.96. The van der Waals surface area contributed by atoms with Crippen molar-refractivity contribution in [1.29, 1.82) is 0 Å². The zero-order valence-electron chi connectivity index (χ0n) is 18.2. The fourth-order valence-electron chi connectivity index (χ4n) is 4.34. The molecule has 1 aliphatic carbocycles. The van der Waals surface area contributed by atoms with Gasteiger partial charge in [-0.25, -0.2) is 18.4 Å². The number of carboxylic acids is 1. The van der Waals surface area contributed by atoms with E-state index in [0.29, 0.717) is 0 Å². The number of fused-ring (bicyclic) bond motifs is 3. The molecule has 2 atom stereocenters. The van der Waals surface area contributed by atoms with Crippen LogP contribution in [0.1, 0.15) is 23.5 Å². The molecule has 0 saturated carbocycles. The lowest BCUT2D eigenvalue weighted by atomic mass is 9.98. The van der Waals surface area contributed by atoms with E-state index in [2.05, 4.69) is 5.32 Å². The average molecular weight is 474 g/mol. The predicted octanol–water partition coefficient (Wildman–Crippen LogP) is 2.86. The molecule has 0 aromatic heterocycles. The Hall–Kier alpha value is -3.53. The number of rotatable bonds is 7. The van der Waals surface area contributed by atoms with Crippen molar-refractivity contribution in [3.8, 4) is 11.1 Å². The van der Waals surface area contributed by atoms with Crippen molar-refractivity contribution in [2.24, 2.45) is 0 Å². The lowest BCUT2D eigenvalue weighted by Crippen LogP contribution is -2.51. The number of halogens is 2. The summed E-state index contributed by atoms with van der Waals surface area (Å²) in [5.41, 5.74) is 4.04. The second-order valence-corrected chi connectivity index (χ2v) is 8.15. The molecule has 1 aliphatic heterocycles. The zero-order chi connectivity index (χ0) is 24.2. The third-order valence-corrected chi connectivity index (χ3v) is 6.04. The number of carboxylic acid groups (broad SMARTS) is 1. The van der Waals surface area contributed by atoms with E-state index in [1.54, 1.807) is 0 Å². The van der Waals surface area contributed by atoms with Gasteiger partial charge in [-0.2, -0.15) is 0 Å². The fourth-order valence-corrected chi connectivity index (χ4v) is 4.34. The van der Waals surface area contributed by atoms with Crippen LogP contribution in [0.4, 0.5) is 13.6 Å². The minimum Gasteiger partial charge on any atom is -0.479 e. The highest BCUT2D eigenvalue weighted by atomic mass is 19.3. The number of hydrogen-bond donors (Lipinski definition) is 2. The molecule has 34 heavy (non-hydrogen) atoms. The summed E-state index contributed by atoms with van der Waals surface area (Å²) in [4.78, 5) is 37.0. The number of amides is 2. The van der Waals surface area contributed by atoms with E-state index in [1.165, 1.54) is 0 Å². The SMILES string of the molecule is O=C(NC(CC(=O)N1CCOC(C(=O)O)C1)C(F)F)OCC1c2ccccc2-c2ccccc21. The molecule has 1 fully saturated rings. The lowest BCUT2D eigenvalue weighted by molar-refractivity contribution is -0.159. The summed E-state index contributed by atoms with van der Waals surface area (Å²) < 4.78 is 37.5. The van der Waals surface area contributed by atoms with Crippen LogP contribution in [0.5, 0.6) is 0 Å². The van der Waals surface area contributed by atoms with Crippen molar-refractivity contribution in [2.45, 2.75) is 30.9 Å². The van der Waals surface area contributed by atoms with Crippen LogP contribution in [-0.2, 0) is 19.1 Å². The molecule has 10 heteroatoms. The maximum Gasteiger partial charge on any atom is 0.407 e. The Morgan fingerprint density at radius 3 is 2.29 bits per heavy atom. The molecule has 2 aliphatic rings. The lowest BCUT2D eigenvalue weighted by Gasteiger charge is -2.32. The molecule has 180 valence electrons. The van der Waals surface area contributed by atoms with Gasteiger partial charge < -0.3 is 24.8 Å². The molecular weight excluding hydrogens is 450 g/mol. The number of ether oxygens (including phenoxy) is 2. The van der Waals surface area contributed by atoms with Crippen LogP contribution >= 0.6 is 0 Å². The third-order valence-electron chi connectivity index (χ3n) is 6.04. The van der Waals surface area contributed by atoms with Crippen molar-refractivity contribution in [1.82, 2.24) is 10.2 Å². The first-order valence-corrected chi connectivity index (χ1v) is 10.9. The predicted molar refractivity (Wildman–Crippen MR) is 117 cm³/mol. The number of nitrogens with zero attached hydrogens (tertiary/aromatic N) is 1. The molecule has 2 unspecified atom stereocenters. The minimum absolute atomic E-state index is 0.0120. The van der Waals surface area contributed by atoms with Gasteiger partial charge in [0.15, 0.2) is 6.10 Å². The molecule has 0 radical (unpaired) electrons. The second-order valence-electron chi connectivity index (χ2n) is 8.15. The number of aliphatic carboxylic acids is 1. The number of alkyl halides is 2. The zero-order valence-corrected chi connectivity index (χ0v) is 18.2. The van der Waals surface area contributed by atoms with E-state index >= 15 is 0 Å². The molecule has 2 aromatic carbocycles. The first-order valence-electron chi connectivity index (χ1n) is 10.9. The summed E-state index contributed by atoms with van der Waals surface area (Å²) in [6.45, 7) is -0.214. The molecule has 1 heterocycles. The molecule has 8 nitrogen and oxygen atoms in total. The van der Waals surface area contributed by atoms with Crippen molar-refractivity contribution < 1.29 is 37.7 Å². The Bertz CT molecular complexity index is 1030. The monoisotopic (exact) mass is 474 g/mol. The Kier molecular flexibility index (Phi) is 7.06. The third kappa shape index (κ3) is 5.01. The first kappa shape index (κ1) is 23.6. The molecule has 2 amide bonds. The van der Waals surface area contributed by atoms with E-state index in [1.807, 2.05) is 48.5 Å². The molecule has 4 rings (SSSR count). The maximum absolute atomic E-state index is 13.6. The number of morpholine rings is 1. The van der Waals surface area contributed by atoms with Gasteiger partial charge in [-0.15, -0.1) is 0 Å². The number of alkyl carbamates (subject to hydrolysis) is 1. The molecule has 0 bridgehead atoms. The van der Waals surface area contributed by atoms with Crippen LogP contribution in [0, 0.1) is 0 Å². The standard InChI is InChI=1S/C24H24F2N2O6/c25-22(26)19(11-21(29)28-9-10-33-20(12-28)23(30)31)27-24(32)34-13-18-16-7-3-1-5-14(16)15-6-2-4-8-17(15)18/h1-8,18-20,22H,9-13H2,(H,27,32)(H,30,31). The van der Waals surface area contributed by atoms with Gasteiger partial charge >= 0.3 is 12.1 Å². The van der Waals surface area contributed by atoms with Crippen LogP contribution in [0.2, 0.25) is 0 Å². The van der Waals surface area contributed by atoms with Gasteiger partial charge in [0.2, 0.25) is 5.91 Å². The quantitative estimate of drug-likeness (QED) is 0.640. The summed E-state index contributed by atoms with van der Waals surface area (Å²) >= 11 is 0. The number of benzene rings is 2. The van der Waals surface area contributed by atoms with Crippen LogP contribution in [0.15, 0.2) is 48.5 Å². The van der Waals surface area contributed by atoms with Crippen molar-refractivity contribution in [3.63, 3.8) is 0 Å².